The molecule has 1 amide bonds. The van der Waals surface area contributed by atoms with Crippen molar-refractivity contribution < 1.29 is 14.5 Å². The second-order valence-electron chi connectivity index (χ2n) is 4.11. The van der Waals surface area contributed by atoms with E-state index >= 15 is 0 Å². The van der Waals surface area contributed by atoms with Crippen LogP contribution in [-0.4, -0.2) is 17.9 Å². The predicted molar refractivity (Wildman–Crippen MR) is 81.7 cm³/mol. The molecule has 108 valence electrons. The van der Waals surface area contributed by atoms with Gasteiger partial charge >= 0.3 is 0 Å². The van der Waals surface area contributed by atoms with Gasteiger partial charge in [-0.25, -0.2) is 0 Å². The zero-order chi connectivity index (χ0) is 15.4. The lowest BCUT2D eigenvalue weighted by atomic mass is 10.2. The van der Waals surface area contributed by atoms with Crippen molar-refractivity contribution in [3.05, 3.63) is 62.6 Å². The molecule has 7 heteroatoms. The van der Waals surface area contributed by atoms with Gasteiger partial charge in [-0.3, -0.25) is 14.9 Å². The number of anilines is 1. The Morgan fingerprint density at radius 3 is 2.67 bits per heavy atom. The Labute approximate surface area is 129 Å². The van der Waals surface area contributed by atoms with Crippen molar-refractivity contribution in [1.29, 1.82) is 0 Å². The number of ether oxygens (including phenoxy) is 1. The number of rotatable bonds is 4. The normalized spacial score (nSPS) is 10.0. The summed E-state index contributed by atoms with van der Waals surface area (Å²) in [7, 11) is 1.52. The highest BCUT2D eigenvalue weighted by atomic mass is 79.9. The lowest BCUT2D eigenvalue weighted by Crippen LogP contribution is -2.12. The molecule has 21 heavy (non-hydrogen) atoms. The van der Waals surface area contributed by atoms with Gasteiger partial charge in [-0.15, -0.1) is 0 Å². The minimum Gasteiger partial charge on any atom is -0.497 e. The summed E-state index contributed by atoms with van der Waals surface area (Å²) in [4.78, 5) is 22.3. The van der Waals surface area contributed by atoms with E-state index in [2.05, 4.69) is 21.2 Å². The molecular weight excluding hydrogens is 340 g/mol. The number of hydrogen-bond donors (Lipinski definition) is 1. The maximum Gasteiger partial charge on any atom is 0.270 e. The van der Waals surface area contributed by atoms with E-state index in [0.717, 1.165) is 0 Å². The van der Waals surface area contributed by atoms with Crippen LogP contribution in [0.4, 0.5) is 11.4 Å². The van der Waals surface area contributed by atoms with E-state index in [4.69, 9.17) is 4.74 Å². The zero-order valence-electron chi connectivity index (χ0n) is 11.0. The summed E-state index contributed by atoms with van der Waals surface area (Å²) >= 11 is 3.20. The molecule has 0 atom stereocenters. The first-order valence-electron chi connectivity index (χ1n) is 5.90. The fraction of sp³-hybridized carbons (Fsp3) is 0.0714. The number of hydrogen-bond acceptors (Lipinski definition) is 4. The summed E-state index contributed by atoms with van der Waals surface area (Å²) < 4.78 is 5.49. The number of amides is 1. The molecule has 0 aliphatic heterocycles. The Hall–Kier alpha value is -2.41. The summed E-state index contributed by atoms with van der Waals surface area (Å²) in [5.74, 6) is 0.244. The molecule has 0 aromatic heterocycles. The molecule has 2 aromatic carbocycles. The summed E-state index contributed by atoms with van der Waals surface area (Å²) in [5, 5.41) is 13.3. The van der Waals surface area contributed by atoms with E-state index < -0.39 is 4.92 Å². The van der Waals surface area contributed by atoms with Crippen LogP contribution < -0.4 is 10.1 Å². The Kier molecular flexibility index (Phi) is 4.54. The van der Waals surface area contributed by atoms with Crippen LogP contribution in [0.1, 0.15) is 10.4 Å². The van der Waals surface area contributed by atoms with Gasteiger partial charge in [0, 0.05) is 22.2 Å². The van der Waals surface area contributed by atoms with Crippen LogP contribution in [0.3, 0.4) is 0 Å². The molecule has 0 fully saturated rings. The van der Waals surface area contributed by atoms with E-state index in [1.807, 2.05) is 0 Å². The molecule has 0 unspecified atom stereocenters. The molecule has 1 N–H and O–H groups in total. The number of nitro benzene ring substituents is 1. The minimum atomic E-state index is -0.502. The highest BCUT2D eigenvalue weighted by molar-refractivity contribution is 9.10. The van der Waals surface area contributed by atoms with E-state index in [0.29, 0.717) is 21.5 Å². The lowest BCUT2D eigenvalue weighted by Gasteiger charge is -2.08. The maximum atomic E-state index is 12.1. The fourth-order valence-electron chi connectivity index (χ4n) is 1.68. The molecule has 0 spiro atoms. The van der Waals surface area contributed by atoms with Crippen molar-refractivity contribution in [1.82, 2.24) is 0 Å². The molecule has 0 radical (unpaired) electrons. The number of nitrogens with one attached hydrogen (secondary N) is 1. The molecule has 0 bridgehead atoms. The largest absolute Gasteiger partial charge is 0.497 e. The van der Waals surface area contributed by atoms with Gasteiger partial charge in [0.2, 0.25) is 0 Å². The number of nitro groups is 1. The second-order valence-corrected chi connectivity index (χ2v) is 4.96. The van der Waals surface area contributed by atoms with Gasteiger partial charge in [0.25, 0.3) is 11.6 Å². The molecule has 0 aliphatic carbocycles. The Morgan fingerprint density at radius 2 is 2.05 bits per heavy atom. The van der Waals surface area contributed by atoms with E-state index in [-0.39, 0.29) is 11.6 Å². The maximum absolute atomic E-state index is 12.1. The van der Waals surface area contributed by atoms with Crippen LogP contribution in [0, 0.1) is 10.1 Å². The van der Waals surface area contributed by atoms with Crippen molar-refractivity contribution in [2.45, 2.75) is 0 Å². The van der Waals surface area contributed by atoms with Crippen LogP contribution in [0.2, 0.25) is 0 Å². The number of halogens is 1. The van der Waals surface area contributed by atoms with E-state index in [1.54, 1.807) is 24.3 Å². The standard InChI is InChI=1S/C14H11BrN2O4/c1-21-11-4-2-3-9(7-11)14(18)16-13-6-5-10(17(19)20)8-12(13)15/h2-8H,1H3,(H,16,18). The molecule has 0 saturated carbocycles. The van der Waals surface area contributed by atoms with Crippen molar-refractivity contribution in [2.24, 2.45) is 0 Å². The predicted octanol–water partition coefficient (Wildman–Crippen LogP) is 3.62. The topological polar surface area (TPSA) is 81.5 Å². The van der Waals surface area contributed by atoms with Gasteiger partial charge in [0.1, 0.15) is 5.75 Å². The van der Waals surface area contributed by atoms with Crippen LogP contribution in [0.25, 0.3) is 0 Å². The van der Waals surface area contributed by atoms with Crippen molar-refractivity contribution in [2.75, 3.05) is 12.4 Å². The highest BCUT2D eigenvalue weighted by Gasteiger charge is 2.12. The van der Waals surface area contributed by atoms with Crippen LogP contribution in [-0.2, 0) is 0 Å². The molecule has 0 aliphatic rings. The summed E-state index contributed by atoms with van der Waals surface area (Å²) in [6.45, 7) is 0. The van der Waals surface area contributed by atoms with Gasteiger partial charge in [-0.1, -0.05) is 6.07 Å². The lowest BCUT2D eigenvalue weighted by molar-refractivity contribution is -0.384. The number of nitrogens with zero attached hydrogens (tertiary/aromatic N) is 1. The Balaban J connectivity index is 2.21. The number of methoxy groups -OCH3 is 1. The van der Waals surface area contributed by atoms with Gasteiger partial charge in [-0.2, -0.15) is 0 Å². The zero-order valence-corrected chi connectivity index (χ0v) is 12.6. The van der Waals surface area contributed by atoms with Gasteiger partial charge < -0.3 is 10.1 Å². The number of carbonyl (C=O) groups is 1. The third kappa shape index (κ3) is 3.57. The van der Waals surface area contributed by atoms with Crippen molar-refractivity contribution in [3.63, 3.8) is 0 Å². The summed E-state index contributed by atoms with van der Waals surface area (Å²) in [6.07, 6.45) is 0. The number of carbonyl (C=O) groups excluding carboxylic acids is 1. The average Bonchev–Trinajstić information content (AvgIpc) is 2.49. The number of non-ortho nitro benzene ring substituents is 1. The molecule has 2 aromatic rings. The number of benzene rings is 2. The van der Waals surface area contributed by atoms with Crippen LogP contribution >= 0.6 is 15.9 Å². The molecule has 6 nitrogen and oxygen atoms in total. The van der Waals surface area contributed by atoms with Gasteiger partial charge in [0.05, 0.1) is 17.7 Å². The second kappa shape index (κ2) is 6.36. The molecule has 0 heterocycles. The van der Waals surface area contributed by atoms with E-state index in [1.165, 1.54) is 25.3 Å². The van der Waals surface area contributed by atoms with E-state index in [9.17, 15) is 14.9 Å². The third-order valence-corrected chi connectivity index (χ3v) is 3.40. The van der Waals surface area contributed by atoms with Crippen molar-refractivity contribution >= 4 is 33.2 Å². The van der Waals surface area contributed by atoms with Crippen molar-refractivity contribution in [3.8, 4) is 5.75 Å². The first kappa shape index (κ1) is 15.0. The smallest absolute Gasteiger partial charge is 0.270 e. The SMILES string of the molecule is COc1cccc(C(=O)Nc2ccc([N+](=O)[O-])cc2Br)c1. The Morgan fingerprint density at radius 1 is 1.29 bits per heavy atom. The van der Waals surface area contributed by atoms with Crippen LogP contribution in [0.5, 0.6) is 5.75 Å². The quantitative estimate of drug-likeness (QED) is 0.674. The average molecular weight is 351 g/mol. The van der Waals surface area contributed by atoms with Gasteiger partial charge in [0.15, 0.2) is 0 Å². The minimum absolute atomic E-state index is 0.0544. The van der Waals surface area contributed by atoms with Gasteiger partial charge in [-0.05, 0) is 40.2 Å². The first-order chi connectivity index (χ1) is 10.0. The third-order valence-electron chi connectivity index (χ3n) is 2.74. The highest BCUT2D eigenvalue weighted by Crippen LogP contribution is 2.27. The summed E-state index contributed by atoms with van der Waals surface area (Å²) in [5.41, 5.74) is 0.828. The fourth-order valence-corrected chi connectivity index (χ4v) is 2.14. The monoisotopic (exact) mass is 350 g/mol. The molecular formula is C14H11BrN2O4. The first-order valence-corrected chi connectivity index (χ1v) is 6.70. The summed E-state index contributed by atoms with van der Waals surface area (Å²) in [6, 6.07) is 10.8. The Bertz CT molecular complexity index is 703. The van der Waals surface area contributed by atoms with Crippen LogP contribution in [0.15, 0.2) is 46.9 Å². The molecule has 0 saturated heterocycles. The molecule has 2 rings (SSSR count).